The van der Waals surface area contributed by atoms with Gasteiger partial charge in [0.05, 0.1) is 31.2 Å². The molecule has 0 atom stereocenters. The summed E-state index contributed by atoms with van der Waals surface area (Å²) in [5.74, 6) is 0.166. The second-order valence-electron chi connectivity index (χ2n) is 6.46. The number of aromatic nitrogens is 4. The number of thioether (sulfide) groups is 1. The monoisotopic (exact) mass is 445 g/mol. The number of thiophene rings is 1. The van der Waals surface area contributed by atoms with Gasteiger partial charge >= 0.3 is 5.97 Å². The highest BCUT2D eigenvalue weighted by Crippen LogP contribution is 2.39. The number of tetrazole rings is 1. The van der Waals surface area contributed by atoms with Gasteiger partial charge in [0.25, 0.3) is 0 Å². The third kappa shape index (κ3) is 4.03. The van der Waals surface area contributed by atoms with Crippen molar-refractivity contribution in [1.29, 1.82) is 0 Å². The van der Waals surface area contributed by atoms with Crippen LogP contribution >= 0.6 is 23.1 Å². The Bertz CT molecular complexity index is 1080. The molecule has 0 aliphatic heterocycles. The number of nitrogens with one attached hydrogen (secondary N) is 1. The lowest BCUT2D eigenvalue weighted by molar-refractivity contribution is -0.113. The van der Waals surface area contributed by atoms with E-state index in [1.807, 2.05) is 24.3 Å². The summed E-state index contributed by atoms with van der Waals surface area (Å²) in [7, 11) is 2.95. The Labute approximate surface area is 180 Å². The van der Waals surface area contributed by atoms with Crippen molar-refractivity contribution in [2.75, 3.05) is 25.3 Å². The zero-order valence-corrected chi connectivity index (χ0v) is 18.0. The van der Waals surface area contributed by atoms with Crippen molar-refractivity contribution in [3.05, 3.63) is 40.3 Å². The van der Waals surface area contributed by atoms with E-state index >= 15 is 0 Å². The number of hydrogen-bond donors (Lipinski definition) is 1. The van der Waals surface area contributed by atoms with Gasteiger partial charge < -0.3 is 14.8 Å². The van der Waals surface area contributed by atoms with Crippen LogP contribution in [0.25, 0.3) is 5.69 Å². The van der Waals surface area contributed by atoms with E-state index in [9.17, 15) is 9.59 Å². The van der Waals surface area contributed by atoms with Gasteiger partial charge in [0.1, 0.15) is 10.8 Å². The van der Waals surface area contributed by atoms with Crippen LogP contribution in [0.5, 0.6) is 5.75 Å². The zero-order valence-electron chi connectivity index (χ0n) is 16.4. The van der Waals surface area contributed by atoms with Crippen molar-refractivity contribution in [3.63, 3.8) is 0 Å². The Hall–Kier alpha value is -2.92. The maximum absolute atomic E-state index is 12.6. The summed E-state index contributed by atoms with van der Waals surface area (Å²) in [5.41, 5.74) is 2.24. The zero-order chi connectivity index (χ0) is 21.1. The van der Waals surface area contributed by atoms with Gasteiger partial charge in [0.2, 0.25) is 11.1 Å². The van der Waals surface area contributed by atoms with Crippen LogP contribution in [0.1, 0.15) is 27.2 Å². The summed E-state index contributed by atoms with van der Waals surface area (Å²) in [6.07, 6.45) is 2.77. The molecule has 0 radical (unpaired) electrons. The van der Waals surface area contributed by atoms with Crippen molar-refractivity contribution in [3.8, 4) is 11.4 Å². The molecule has 2 heterocycles. The molecule has 0 spiro atoms. The first-order chi connectivity index (χ1) is 14.6. The molecule has 9 nitrogen and oxygen atoms in total. The first-order valence-electron chi connectivity index (χ1n) is 9.19. The maximum Gasteiger partial charge on any atom is 0.341 e. The lowest BCUT2D eigenvalue weighted by Gasteiger charge is -2.07. The SMILES string of the molecule is COC(=O)c1c(NC(=O)CSc2nnnn2-c2ccc(OC)cc2)sc2c1CCC2. The van der Waals surface area contributed by atoms with Crippen LogP contribution in [0.15, 0.2) is 29.4 Å². The minimum Gasteiger partial charge on any atom is -0.497 e. The van der Waals surface area contributed by atoms with Crippen LogP contribution < -0.4 is 10.1 Å². The molecular weight excluding hydrogens is 426 g/mol. The normalized spacial score (nSPS) is 12.5. The molecule has 4 rings (SSSR count). The number of ether oxygens (including phenoxy) is 2. The summed E-state index contributed by atoms with van der Waals surface area (Å²) in [6.45, 7) is 0. The number of fused-ring (bicyclic) bond motifs is 1. The number of aryl methyl sites for hydroxylation is 1. The second-order valence-corrected chi connectivity index (χ2v) is 8.51. The number of amides is 1. The van der Waals surface area contributed by atoms with E-state index in [2.05, 4.69) is 20.8 Å². The topological polar surface area (TPSA) is 108 Å². The highest BCUT2D eigenvalue weighted by molar-refractivity contribution is 7.99. The number of methoxy groups -OCH3 is 2. The lowest BCUT2D eigenvalue weighted by atomic mass is 10.1. The molecule has 0 unspecified atom stereocenters. The Morgan fingerprint density at radius 3 is 2.77 bits per heavy atom. The summed E-state index contributed by atoms with van der Waals surface area (Å²) in [4.78, 5) is 25.9. The lowest BCUT2D eigenvalue weighted by Crippen LogP contribution is -2.16. The van der Waals surface area contributed by atoms with Gasteiger partial charge in [-0.25, -0.2) is 4.79 Å². The number of anilines is 1. The number of hydrogen-bond acceptors (Lipinski definition) is 9. The van der Waals surface area contributed by atoms with Crippen molar-refractivity contribution in [2.45, 2.75) is 24.4 Å². The first kappa shape index (κ1) is 20.4. The average molecular weight is 446 g/mol. The van der Waals surface area contributed by atoms with Gasteiger partial charge in [0, 0.05) is 4.88 Å². The van der Waals surface area contributed by atoms with Crippen molar-refractivity contribution in [1.82, 2.24) is 20.2 Å². The van der Waals surface area contributed by atoms with E-state index in [0.29, 0.717) is 15.7 Å². The van der Waals surface area contributed by atoms with Crippen LogP contribution in [0, 0.1) is 0 Å². The number of carbonyl (C=O) groups excluding carboxylic acids is 2. The Morgan fingerprint density at radius 1 is 1.23 bits per heavy atom. The van der Waals surface area contributed by atoms with Crippen LogP contribution in [-0.2, 0) is 22.4 Å². The molecule has 3 aromatic rings. The highest BCUT2D eigenvalue weighted by atomic mass is 32.2. The van der Waals surface area contributed by atoms with Gasteiger partial charge in [-0.1, -0.05) is 11.8 Å². The predicted molar refractivity (Wildman–Crippen MR) is 113 cm³/mol. The van der Waals surface area contributed by atoms with Crippen molar-refractivity contribution >= 4 is 40.0 Å². The first-order valence-corrected chi connectivity index (χ1v) is 11.0. The van der Waals surface area contributed by atoms with E-state index < -0.39 is 5.97 Å². The van der Waals surface area contributed by atoms with Crippen LogP contribution in [0.2, 0.25) is 0 Å². The Balaban J connectivity index is 1.44. The molecule has 1 N–H and O–H groups in total. The maximum atomic E-state index is 12.6. The standard InChI is InChI=1S/C19H19N5O4S2/c1-27-12-8-6-11(7-9-12)24-19(21-22-23-24)29-10-15(25)20-17-16(18(26)28-2)13-4-3-5-14(13)30-17/h6-9H,3-5,10H2,1-2H3,(H,20,25). The smallest absolute Gasteiger partial charge is 0.341 e. The molecule has 30 heavy (non-hydrogen) atoms. The molecule has 1 amide bonds. The molecule has 0 fully saturated rings. The third-order valence-electron chi connectivity index (χ3n) is 4.65. The Morgan fingerprint density at radius 2 is 2.03 bits per heavy atom. The summed E-state index contributed by atoms with van der Waals surface area (Å²) in [5, 5.41) is 15.6. The van der Waals surface area contributed by atoms with E-state index in [-0.39, 0.29) is 11.7 Å². The number of nitrogens with zero attached hydrogens (tertiary/aromatic N) is 4. The van der Waals surface area contributed by atoms with Crippen molar-refractivity contribution < 1.29 is 19.1 Å². The highest BCUT2D eigenvalue weighted by Gasteiger charge is 2.28. The molecule has 2 aromatic heterocycles. The van der Waals surface area contributed by atoms with E-state index in [4.69, 9.17) is 9.47 Å². The molecule has 0 bridgehead atoms. The molecule has 156 valence electrons. The van der Waals surface area contributed by atoms with Crippen molar-refractivity contribution in [2.24, 2.45) is 0 Å². The predicted octanol–water partition coefficient (Wildman–Crippen LogP) is 2.74. The minimum atomic E-state index is -0.416. The second kappa shape index (κ2) is 8.84. The number of benzene rings is 1. The molecule has 1 aliphatic rings. The van der Waals surface area contributed by atoms with E-state index in [1.165, 1.54) is 30.2 Å². The van der Waals surface area contributed by atoms with Gasteiger partial charge in [-0.3, -0.25) is 4.79 Å². The Kier molecular flexibility index (Phi) is 6.00. The molecular formula is C19H19N5O4S2. The summed E-state index contributed by atoms with van der Waals surface area (Å²) < 4.78 is 11.6. The molecule has 1 aliphatic carbocycles. The minimum absolute atomic E-state index is 0.0969. The number of carbonyl (C=O) groups is 2. The molecule has 11 heteroatoms. The average Bonchev–Trinajstić information content (AvgIpc) is 3.48. The fourth-order valence-corrected chi connectivity index (χ4v) is 5.24. The number of rotatable bonds is 7. The molecule has 0 saturated carbocycles. The van der Waals surface area contributed by atoms with E-state index in [1.54, 1.807) is 11.8 Å². The van der Waals surface area contributed by atoms with Crippen LogP contribution in [0.4, 0.5) is 5.00 Å². The van der Waals surface area contributed by atoms with Gasteiger partial charge in [0.15, 0.2) is 0 Å². The fourth-order valence-electron chi connectivity index (χ4n) is 3.26. The summed E-state index contributed by atoms with van der Waals surface area (Å²) >= 11 is 2.66. The fraction of sp³-hybridized carbons (Fsp3) is 0.316. The van der Waals surface area contributed by atoms with Crippen LogP contribution in [0.3, 0.4) is 0 Å². The van der Waals surface area contributed by atoms with Crippen LogP contribution in [-0.4, -0.2) is 52.1 Å². The largest absolute Gasteiger partial charge is 0.497 e. The third-order valence-corrected chi connectivity index (χ3v) is 6.78. The molecule has 0 saturated heterocycles. The van der Waals surface area contributed by atoms with Gasteiger partial charge in [-0.15, -0.1) is 16.4 Å². The van der Waals surface area contributed by atoms with Gasteiger partial charge in [-0.05, 0) is 59.5 Å². The van der Waals surface area contributed by atoms with E-state index in [0.717, 1.165) is 41.1 Å². The summed E-state index contributed by atoms with van der Waals surface area (Å²) in [6, 6.07) is 7.27. The number of esters is 1. The van der Waals surface area contributed by atoms with Gasteiger partial charge in [-0.2, -0.15) is 4.68 Å². The molecule has 1 aromatic carbocycles. The quantitative estimate of drug-likeness (QED) is 0.437.